The molecule has 0 spiro atoms. The number of anilines is 2. The lowest BCUT2D eigenvalue weighted by Crippen LogP contribution is -2.57. The summed E-state index contributed by atoms with van der Waals surface area (Å²) in [5, 5.41) is 33.1. The lowest BCUT2D eigenvalue weighted by atomic mass is 9.71. The first-order valence-corrected chi connectivity index (χ1v) is 19.7. The molecule has 1 fully saturated rings. The number of benzene rings is 2. The quantitative estimate of drug-likeness (QED) is 0.0644. The number of nitrogen functional groups attached to an aromatic ring is 2. The lowest BCUT2D eigenvalue weighted by molar-refractivity contribution is -0.165. The second kappa shape index (κ2) is 15.6. The molecule has 0 saturated heterocycles. The molecule has 8 rings (SSSR count). The fourth-order valence-electron chi connectivity index (χ4n) is 9.15. The van der Waals surface area contributed by atoms with Gasteiger partial charge in [-0.3, -0.25) is 4.79 Å². The molecule has 1 saturated carbocycles. The summed E-state index contributed by atoms with van der Waals surface area (Å²) >= 11 is 0. The Balaban J connectivity index is 1.43. The summed E-state index contributed by atoms with van der Waals surface area (Å²) in [6.07, 6.45) is 8.66. The van der Waals surface area contributed by atoms with Crippen molar-refractivity contribution in [3.63, 3.8) is 0 Å². The molecule has 5 heterocycles. The average Bonchev–Trinajstić information content (AvgIpc) is 3.74. The second-order valence-electron chi connectivity index (χ2n) is 15.7. The van der Waals surface area contributed by atoms with Crippen LogP contribution in [0.25, 0.3) is 11.0 Å². The molecule has 2 bridgehead atoms. The lowest BCUT2D eigenvalue weighted by Gasteiger charge is -2.47. The Morgan fingerprint density at radius 2 is 1.86 bits per heavy atom. The van der Waals surface area contributed by atoms with Crippen LogP contribution in [0.5, 0.6) is 17.2 Å². The van der Waals surface area contributed by atoms with Crippen molar-refractivity contribution < 1.29 is 34.0 Å². The van der Waals surface area contributed by atoms with Gasteiger partial charge in [0, 0.05) is 59.8 Å². The molecule has 2 aliphatic heterocycles. The van der Waals surface area contributed by atoms with Gasteiger partial charge in [0.1, 0.15) is 63.9 Å². The van der Waals surface area contributed by atoms with E-state index in [2.05, 4.69) is 21.8 Å². The summed E-state index contributed by atoms with van der Waals surface area (Å²) < 4.78 is 20.3. The second-order valence-corrected chi connectivity index (χ2v) is 15.7. The average molecular weight is 783 g/mol. The molecule has 3 aliphatic rings. The maximum absolute atomic E-state index is 14.3. The molecule has 12 nitrogen and oxygen atoms in total. The number of fused-ring (bicyclic) bond motifs is 3. The molecule has 5 unspecified atom stereocenters. The summed E-state index contributed by atoms with van der Waals surface area (Å²) in [5.41, 5.74) is 13.8. The van der Waals surface area contributed by atoms with Crippen molar-refractivity contribution in [1.29, 1.82) is 0 Å². The minimum Gasteiger partial charge on any atom is -0.508 e. The Kier molecular flexibility index (Phi) is 10.3. The van der Waals surface area contributed by atoms with E-state index >= 15 is 0 Å². The number of allylic oxidation sites excluding steroid dienone is 1. The smallest absolute Gasteiger partial charge is 0.334 e. The Hall–Kier alpha value is -6.32. The van der Waals surface area contributed by atoms with Crippen molar-refractivity contribution in [3.8, 4) is 29.1 Å². The zero-order chi connectivity index (χ0) is 40.7. The maximum Gasteiger partial charge on any atom is 0.334 e. The molecule has 5 atom stereocenters. The van der Waals surface area contributed by atoms with E-state index in [9.17, 15) is 24.9 Å². The molecule has 7 N–H and O–H groups in total. The third kappa shape index (κ3) is 7.00. The predicted molar refractivity (Wildman–Crippen MR) is 218 cm³/mol. The molecule has 12 heteroatoms. The molecule has 3 aromatic heterocycles. The number of aliphatic hydroxyl groups is 1. The van der Waals surface area contributed by atoms with Crippen LogP contribution in [0.3, 0.4) is 0 Å². The van der Waals surface area contributed by atoms with Crippen molar-refractivity contribution in [2.75, 3.05) is 11.5 Å². The first-order chi connectivity index (χ1) is 28.0. The Morgan fingerprint density at radius 3 is 2.57 bits per heavy atom. The number of nitrogens with zero attached hydrogens (tertiary/aromatic N) is 2. The number of aromatic nitrogens is 2. The number of esters is 1. The molecular formula is C46H46N4O8. The van der Waals surface area contributed by atoms with Crippen LogP contribution in [0.4, 0.5) is 11.6 Å². The van der Waals surface area contributed by atoms with Gasteiger partial charge in [-0.15, -0.1) is 5.92 Å². The Bertz CT molecular complexity index is 2550. The normalized spacial score (nSPS) is 23.1. The summed E-state index contributed by atoms with van der Waals surface area (Å²) in [7, 11) is 0. The highest BCUT2D eigenvalue weighted by molar-refractivity contribution is 5.92. The van der Waals surface area contributed by atoms with Gasteiger partial charge in [0.25, 0.3) is 0 Å². The van der Waals surface area contributed by atoms with Crippen molar-refractivity contribution in [3.05, 3.63) is 122 Å². The fraction of sp³-hybridized carbons (Fsp3) is 0.348. The first kappa shape index (κ1) is 38.5. The first-order valence-electron chi connectivity index (χ1n) is 19.7. The number of phenols is 2. The zero-order valence-electron chi connectivity index (χ0n) is 32.4. The van der Waals surface area contributed by atoms with E-state index in [4.69, 9.17) is 25.4 Å². The van der Waals surface area contributed by atoms with Gasteiger partial charge in [-0.05, 0) is 86.1 Å². The number of carbonyl (C=O) groups excluding carboxylic acids is 1. The van der Waals surface area contributed by atoms with Gasteiger partial charge in [-0.25, -0.2) is 14.8 Å². The Labute approximate surface area is 335 Å². The number of hydrogen-bond donors (Lipinski definition) is 5. The van der Waals surface area contributed by atoms with Gasteiger partial charge in [-0.1, -0.05) is 43.0 Å². The van der Waals surface area contributed by atoms with E-state index in [0.29, 0.717) is 34.5 Å². The SMILES string of the molecule is CC=C(C(=O)OC1Cc2c3c(c4oc(CO)cc(=O)c4c2O)C(c2ccnc(N)c2)C(c2cccc(O)c2)C#CCC(Cc2ccc(N)nc2)C1(C)O3)C1CCCC1. The van der Waals surface area contributed by atoms with Gasteiger partial charge < -0.3 is 40.7 Å². The topological polar surface area (TPSA) is 204 Å². The number of aromatic hydroxyl groups is 2. The Morgan fingerprint density at radius 1 is 1.05 bits per heavy atom. The van der Waals surface area contributed by atoms with Crippen LogP contribution in [0.2, 0.25) is 0 Å². The number of nitrogens with two attached hydrogens (primary N) is 2. The van der Waals surface area contributed by atoms with E-state index in [0.717, 1.165) is 37.3 Å². The largest absolute Gasteiger partial charge is 0.508 e. The summed E-state index contributed by atoms with van der Waals surface area (Å²) in [5.74, 6) is 5.13. The van der Waals surface area contributed by atoms with Crippen molar-refractivity contribution in [1.82, 2.24) is 9.97 Å². The van der Waals surface area contributed by atoms with E-state index < -0.39 is 47.5 Å². The standard InChI is InChI=1S/C46H46N4O8/c1-3-32(26-8-4-5-9-26)45(55)57-36-22-34-42(54)40-35(53)21-31(24-51)56-44(40)41-39(28-16-17-49-38(48)20-28)33(27-10-6-12-30(52)19-27)13-7-11-29(46(36,2)58-43(34)41)18-25-14-15-37(47)50-23-25/h3,6,10,12,14-17,19-21,23,26,29,33,36,39,51-52,54H,4-5,8-9,11,18,22,24H2,1-2H3,(H2,47,50)(H2,48,49). The number of ether oxygens (including phenoxy) is 2. The fourth-order valence-corrected chi connectivity index (χ4v) is 9.15. The molecule has 1 aliphatic carbocycles. The number of hydrogen-bond acceptors (Lipinski definition) is 12. The number of aliphatic hydroxyl groups excluding tert-OH is 1. The zero-order valence-corrected chi connectivity index (χ0v) is 32.4. The van der Waals surface area contributed by atoms with Crippen LogP contribution >= 0.6 is 0 Å². The van der Waals surface area contributed by atoms with Crippen LogP contribution in [0, 0.1) is 23.7 Å². The predicted octanol–water partition coefficient (Wildman–Crippen LogP) is 6.57. The van der Waals surface area contributed by atoms with Crippen molar-refractivity contribution in [2.24, 2.45) is 11.8 Å². The third-order valence-corrected chi connectivity index (χ3v) is 12.2. The minimum absolute atomic E-state index is 0.00442. The van der Waals surface area contributed by atoms with Crippen LogP contribution in [0.1, 0.15) is 91.4 Å². The number of phenolic OH excluding ortho intramolecular Hbond substituents is 2. The monoisotopic (exact) mass is 782 g/mol. The molecule has 5 aromatic rings. The van der Waals surface area contributed by atoms with Crippen molar-refractivity contribution in [2.45, 2.75) is 88.9 Å². The van der Waals surface area contributed by atoms with E-state index in [-0.39, 0.29) is 64.1 Å². The minimum atomic E-state index is -1.28. The van der Waals surface area contributed by atoms with E-state index in [1.54, 1.807) is 48.8 Å². The van der Waals surface area contributed by atoms with Crippen LogP contribution < -0.4 is 21.6 Å². The van der Waals surface area contributed by atoms with Crippen LogP contribution in [0.15, 0.2) is 87.9 Å². The van der Waals surface area contributed by atoms with Gasteiger partial charge >= 0.3 is 5.97 Å². The highest BCUT2D eigenvalue weighted by Crippen LogP contribution is 2.55. The number of pyridine rings is 2. The van der Waals surface area contributed by atoms with Crippen molar-refractivity contribution >= 4 is 28.6 Å². The molecule has 58 heavy (non-hydrogen) atoms. The molecule has 2 aromatic carbocycles. The summed E-state index contributed by atoms with van der Waals surface area (Å²) in [6, 6.07) is 15.0. The highest BCUT2D eigenvalue weighted by atomic mass is 16.6. The number of rotatable bonds is 8. The van der Waals surface area contributed by atoms with Gasteiger partial charge in [0.05, 0.1) is 5.92 Å². The summed E-state index contributed by atoms with van der Waals surface area (Å²) in [6.45, 7) is 3.15. The van der Waals surface area contributed by atoms with Crippen LogP contribution in [-0.4, -0.2) is 43.0 Å². The van der Waals surface area contributed by atoms with E-state index in [1.165, 1.54) is 0 Å². The summed E-state index contributed by atoms with van der Waals surface area (Å²) in [4.78, 5) is 36.9. The maximum atomic E-state index is 14.3. The molecule has 0 radical (unpaired) electrons. The molecule has 0 amide bonds. The highest BCUT2D eigenvalue weighted by Gasteiger charge is 2.52. The van der Waals surface area contributed by atoms with Gasteiger partial charge in [0.2, 0.25) is 0 Å². The van der Waals surface area contributed by atoms with E-state index in [1.807, 2.05) is 32.1 Å². The third-order valence-electron chi connectivity index (χ3n) is 12.2. The molecule has 298 valence electrons. The van der Waals surface area contributed by atoms with Gasteiger partial charge in [0.15, 0.2) is 5.43 Å². The molecular weight excluding hydrogens is 737 g/mol. The van der Waals surface area contributed by atoms with Gasteiger partial charge in [-0.2, -0.15) is 0 Å². The number of carbonyl (C=O) groups is 1. The van der Waals surface area contributed by atoms with Crippen LogP contribution in [-0.2, 0) is 29.0 Å².